The quantitative estimate of drug-likeness (QED) is 0.466. The summed E-state index contributed by atoms with van der Waals surface area (Å²) in [5, 5.41) is 22.4. The Morgan fingerprint density at radius 3 is 2.12 bits per heavy atom. The molecule has 0 aromatic carbocycles. The standard InChI is InChI=1S/C10H16N2O4/c1-9(2)7(5-6(13)8(14)15)11-10(3,4)12(9)16/h5,11,16H,1-4H3,(H,14,15)/b7-5-. The number of rotatable bonds is 2. The first kappa shape index (κ1) is 12.7. The first-order chi connectivity index (χ1) is 7.09. The monoisotopic (exact) mass is 228 g/mol. The van der Waals surface area contributed by atoms with E-state index >= 15 is 0 Å². The van der Waals surface area contributed by atoms with Crippen LogP contribution in [0.4, 0.5) is 0 Å². The molecule has 0 radical (unpaired) electrons. The summed E-state index contributed by atoms with van der Waals surface area (Å²) in [7, 11) is 0. The zero-order chi connectivity index (χ0) is 12.7. The lowest BCUT2D eigenvalue weighted by atomic mass is 10.0. The number of nitrogens with zero attached hydrogens (tertiary/aromatic N) is 1. The molecule has 6 nitrogen and oxygen atoms in total. The van der Waals surface area contributed by atoms with Gasteiger partial charge in [-0.05, 0) is 27.7 Å². The van der Waals surface area contributed by atoms with Crippen LogP contribution in [0.5, 0.6) is 0 Å². The Labute approximate surface area is 93.5 Å². The van der Waals surface area contributed by atoms with Crippen molar-refractivity contribution in [2.24, 2.45) is 0 Å². The molecule has 3 N–H and O–H groups in total. The Morgan fingerprint density at radius 1 is 1.31 bits per heavy atom. The largest absolute Gasteiger partial charge is 0.475 e. The topological polar surface area (TPSA) is 89.9 Å². The van der Waals surface area contributed by atoms with E-state index in [1.165, 1.54) is 0 Å². The van der Waals surface area contributed by atoms with E-state index in [1.807, 2.05) is 0 Å². The highest BCUT2D eigenvalue weighted by atomic mass is 16.5. The second-order valence-corrected chi connectivity index (χ2v) is 4.78. The minimum absolute atomic E-state index is 0.382. The van der Waals surface area contributed by atoms with E-state index in [-0.39, 0.29) is 0 Å². The molecule has 0 spiro atoms. The lowest BCUT2D eigenvalue weighted by Crippen LogP contribution is -2.48. The van der Waals surface area contributed by atoms with Gasteiger partial charge < -0.3 is 15.6 Å². The van der Waals surface area contributed by atoms with Crippen LogP contribution in [0.1, 0.15) is 27.7 Å². The molecule has 0 amide bonds. The number of carboxylic acids is 1. The molecule has 0 saturated carbocycles. The van der Waals surface area contributed by atoms with Gasteiger partial charge in [-0.1, -0.05) is 0 Å². The molecule has 0 unspecified atom stereocenters. The lowest BCUT2D eigenvalue weighted by Gasteiger charge is -2.31. The second-order valence-electron chi connectivity index (χ2n) is 4.78. The summed E-state index contributed by atoms with van der Waals surface area (Å²) in [5.41, 5.74) is -1.18. The summed E-state index contributed by atoms with van der Waals surface area (Å²) < 4.78 is 0. The van der Waals surface area contributed by atoms with Crippen LogP contribution in [0, 0.1) is 0 Å². The van der Waals surface area contributed by atoms with Crippen molar-refractivity contribution in [2.75, 3.05) is 0 Å². The Morgan fingerprint density at radius 2 is 1.81 bits per heavy atom. The van der Waals surface area contributed by atoms with Crippen LogP contribution in [-0.4, -0.2) is 38.3 Å². The molecule has 16 heavy (non-hydrogen) atoms. The summed E-state index contributed by atoms with van der Waals surface area (Å²) in [6.07, 6.45) is 1.00. The number of nitrogens with one attached hydrogen (secondary N) is 1. The van der Waals surface area contributed by atoms with E-state index in [0.29, 0.717) is 5.70 Å². The van der Waals surface area contributed by atoms with Gasteiger partial charge in [0.2, 0.25) is 0 Å². The van der Waals surface area contributed by atoms with Crippen LogP contribution in [0.2, 0.25) is 0 Å². The Bertz CT molecular complexity index is 371. The first-order valence-corrected chi connectivity index (χ1v) is 4.86. The van der Waals surface area contributed by atoms with Crippen molar-refractivity contribution in [1.29, 1.82) is 0 Å². The molecule has 1 rings (SSSR count). The number of hydroxylamine groups is 2. The van der Waals surface area contributed by atoms with Gasteiger partial charge in [0.25, 0.3) is 5.78 Å². The average Bonchev–Trinajstić information content (AvgIpc) is 2.27. The molecule has 90 valence electrons. The van der Waals surface area contributed by atoms with Crippen LogP contribution >= 0.6 is 0 Å². The number of carbonyl (C=O) groups excluding carboxylic acids is 1. The zero-order valence-electron chi connectivity index (χ0n) is 9.74. The van der Waals surface area contributed by atoms with Crippen molar-refractivity contribution in [2.45, 2.75) is 38.9 Å². The first-order valence-electron chi connectivity index (χ1n) is 4.86. The predicted octanol–water partition coefficient (Wildman–Crippen LogP) is 0.333. The van der Waals surface area contributed by atoms with E-state index in [2.05, 4.69) is 5.32 Å². The summed E-state index contributed by atoms with van der Waals surface area (Å²) in [6.45, 7) is 6.83. The van der Waals surface area contributed by atoms with Crippen molar-refractivity contribution in [3.05, 3.63) is 11.8 Å². The van der Waals surface area contributed by atoms with Gasteiger partial charge in [0, 0.05) is 11.8 Å². The van der Waals surface area contributed by atoms with Gasteiger partial charge in [-0.25, -0.2) is 4.79 Å². The average molecular weight is 228 g/mol. The smallest absolute Gasteiger partial charge is 0.376 e. The van der Waals surface area contributed by atoms with Crippen LogP contribution in [0.25, 0.3) is 0 Å². The maximum atomic E-state index is 11.1. The maximum Gasteiger partial charge on any atom is 0.376 e. The van der Waals surface area contributed by atoms with E-state index in [9.17, 15) is 14.8 Å². The Hall–Kier alpha value is -1.40. The van der Waals surface area contributed by atoms with Gasteiger partial charge in [0.1, 0.15) is 5.66 Å². The fourth-order valence-electron chi connectivity index (χ4n) is 1.75. The van der Waals surface area contributed by atoms with Crippen molar-refractivity contribution < 1.29 is 19.9 Å². The third-order valence-electron chi connectivity index (χ3n) is 2.64. The van der Waals surface area contributed by atoms with Crippen LogP contribution < -0.4 is 5.32 Å². The number of aliphatic carboxylic acids is 1. The van der Waals surface area contributed by atoms with E-state index in [0.717, 1.165) is 11.1 Å². The molecule has 0 aromatic rings. The molecule has 0 atom stereocenters. The number of carbonyl (C=O) groups is 2. The summed E-state index contributed by atoms with van der Waals surface area (Å²) in [4.78, 5) is 21.5. The van der Waals surface area contributed by atoms with Gasteiger partial charge >= 0.3 is 5.97 Å². The SMILES string of the molecule is CC1(C)N/C(=C\C(=O)C(=O)O)C(C)(C)N1O. The maximum absolute atomic E-state index is 11.1. The molecule has 0 bridgehead atoms. The molecule has 1 aliphatic heterocycles. The van der Waals surface area contributed by atoms with Gasteiger partial charge in [0.05, 0.1) is 5.54 Å². The van der Waals surface area contributed by atoms with Crippen molar-refractivity contribution in [1.82, 2.24) is 10.4 Å². The van der Waals surface area contributed by atoms with E-state index in [1.54, 1.807) is 27.7 Å². The third-order valence-corrected chi connectivity index (χ3v) is 2.64. The third kappa shape index (κ3) is 1.94. The molecule has 0 aliphatic carbocycles. The zero-order valence-corrected chi connectivity index (χ0v) is 9.74. The Balaban J connectivity index is 3.09. The Kier molecular flexibility index (Phi) is 2.82. The van der Waals surface area contributed by atoms with E-state index in [4.69, 9.17) is 5.11 Å². The molecular weight excluding hydrogens is 212 g/mol. The van der Waals surface area contributed by atoms with Gasteiger partial charge in [-0.15, -0.1) is 0 Å². The minimum atomic E-state index is -1.51. The number of ketones is 1. The van der Waals surface area contributed by atoms with Crippen LogP contribution in [0.15, 0.2) is 11.8 Å². The number of hydrogen-bond donors (Lipinski definition) is 3. The van der Waals surface area contributed by atoms with Gasteiger partial charge in [-0.3, -0.25) is 4.79 Å². The molecule has 1 aliphatic rings. The summed E-state index contributed by atoms with van der Waals surface area (Å²) >= 11 is 0. The molecular formula is C10H16N2O4. The van der Waals surface area contributed by atoms with E-state index < -0.39 is 23.0 Å². The number of carboxylic acid groups (broad SMARTS) is 1. The normalized spacial score (nSPS) is 25.4. The molecule has 1 saturated heterocycles. The second kappa shape index (κ2) is 3.57. The predicted molar refractivity (Wildman–Crippen MR) is 55.6 cm³/mol. The van der Waals surface area contributed by atoms with Crippen molar-refractivity contribution in [3.63, 3.8) is 0 Å². The highest BCUT2D eigenvalue weighted by Gasteiger charge is 2.48. The van der Waals surface area contributed by atoms with Crippen molar-refractivity contribution >= 4 is 11.8 Å². The molecule has 1 heterocycles. The molecule has 6 heteroatoms. The summed E-state index contributed by atoms with van der Waals surface area (Å²) in [5.74, 6) is -2.53. The molecule has 1 fully saturated rings. The fourth-order valence-corrected chi connectivity index (χ4v) is 1.75. The highest BCUT2D eigenvalue weighted by Crippen LogP contribution is 2.34. The van der Waals surface area contributed by atoms with Crippen molar-refractivity contribution in [3.8, 4) is 0 Å². The van der Waals surface area contributed by atoms with Gasteiger partial charge in [-0.2, -0.15) is 5.06 Å². The van der Waals surface area contributed by atoms with Crippen LogP contribution in [-0.2, 0) is 9.59 Å². The highest BCUT2D eigenvalue weighted by molar-refractivity contribution is 6.37. The fraction of sp³-hybridized carbons (Fsp3) is 0.600. The number of hydrogen-bond acceptors (Lipinski definition) is 5. The minimum Gasteiger partial charge on any atom is -0.475 e. The summed E-state index contributed by atoms with van der Waals surface area (Å²) in [6, 6.07) is 0. The van der Waals surface area contributed by atoms with Gasteiger partial charge in [0.15, 0.2) is 0 Å². The molecule has 0 aromatic heterocycles. The van der Waals surface area contributed by atoms with Crippen LogP contribution in [0.3, 0.4) is 0 Å². The lowest BCUT2D eigenvalue weighted by molar-refractivity contribution is -0.191.